The maximum atomic E-state index is 9.09. The van der Waals surface area contributed by atoms with Crippen molar-refractivity contribution in [3.8, 4) is 0 Å². The number of aliphatic hydroxyl groups excluding tert-OH is 1. The van der Waals surface area contributed by atoms with E-state index < -0.39 is 32.1 Å². The average Bonchev–Trinajstić information content (AvgIpc) is 1.97. The number of aliphatic hydroxyl groups is 1. The molecule has 1 N–H and O–H groups in total. The molecule has 1 heterocycles. The Labute approximate surface area is 48.7 Å². The van der Waals surface area contributed by atoms with E-state index in [0.29, 0.717) is 0 Å². The zero-order valence-electron chi connectivity index (χ0n) is 7.74. The van der Waals surface area contributed by atoms with Crippen molar-refractivity contribution in [1.29, 1.82) is 0 Å². The molecule has 0 aromatic heterocycles. The lowest BCUT2D eigenvalue weighted by Gasteiger charge is -2.15. The monoisotopic (exact) mass is 106 g/mol. The molecule has 2 heteroatoms. The number of hydrogen-bond acceptors (Lipinski definition) is 2. The van der Waals surface area contributed by atoms with E-state index >= 15 is 0 Å². The molecule has 0 aliphatic carbocycles. The molecule has 4 unspecified atom stereocenters. The lowest BCUT2D eigenvalue weighted by atomic mass is 10.2. The highest BCUT2D eigenvalue weighted by Gasteiger charge is 2.07. The Morgan fingerprint density at radius 1 is 1.57 bits per heavy atom. The fraction of sp³-hybridized carbons (Fsp3) is 1.00. The first-order valence-corrected chi connectivity index (χ1v) is 2.06. The molecule has 0 aromatic rings. The van der Waals surface area contributed by atoms with Gasteiger partial charge in [0.15, 0.2) is 0 Å². The highest BCUT2D eigenvalue weighted by molar-refractivity contribution is 4.58. The molecule has 1 saturated heterocycles. The second-order valence-corrected chi connectivity index (χ2v) is 1.28. The smallest absolute Gasteiger partial charge is 0.0584 e. The van der Waals surface area contributed by atoms with Crippen LogP contribution in [0.25, 0.3) is 0 Å². The summed E-state index contributed by atoms with van der Waals surface area (Å²) in [5.74, 6) is 0. The molecule has 0 spiro atoms. The summed E-state index contributed by atoms with van der Waals surface area (Å²) < 4.78 is 33.0. The molecule has 0 bridgehead atoms. The molecule has 7 heavy (non-hydrogen) atoms. The molecule has 1 fully saturated rings. The van der Waals surface area contributed by atoms with E-state index in [1.807, 2.05) is 0 Å². The quantitative estimate of drug-likeness (QED) is 0.476. The minimum atomic E-state index is -1.24. The minimum Gasteiger partial charge on any atom is -0.393 e. The van der Waals surface area contributed by atoms with Crippen LogP contribution >= 0.6 is 0 Å². The molecule has 1 aliphatic rings. The van der Waals surface area contributed by atoms with Gasteiger partial charge in [-0.25, -0.2) is 0 Å². The summed E-state index contributed by atoms with van der Waals surface area (Å²) in [5, 5.41) is 9.09. The van der Waals surface area contributed by atoms with E-state index in [1.54, 1.807) is 0 Å². The van der Waals surface area contributed by atoms with Crippen LogP contribution in [0.3, 0.4) is 0 Å². The van der Waals surface area contributed by atoms with Crippen LogP contribution in [0.15, 0.2) is 0 Å². The molecule has 0 saturated carbocycles. The average molecular weight is 106 g/mol. The standard InChI is InChI=1S/C5H10O2/c6-5-1-3-7-4-2-5/h5-6H,1-4H2/i1D,2D,3D,4D. The largest absolute Gasteiger partial charge is 0.393 e. The molecule has 0 aromatic carbocycles. The van der Waals surface area contributed by atoms with Crippen molar-refractivity contribution in [2.45, 2.75) is 18.9 Å². The predicted molar refractivity (Wildman–Crippen MR) is 26.1 cm³/mol. The molecule has 1 aliphatic heterocycles. The van der Waals surface area contributed by atoms with Crippen molar-refractivity contribution in [3.63, 3.8) is 0 Å². The molecule has 1 rings (SSSR count). The van der Waals surface area contributed by atoms with Crippen LogP contribution in [0.1, 0.15) is 18.3 Å². The fourth-order valence-corrected chi connectivity index (χ4v) is 0.361. The lowest BCUT2D eigenvalue weighted by molar-refractivity contribution is 0.0140. The maximum absolute atomic E-state index is 9.09. The first-order valence-electron chi connectivity index (χ1n) is 4.37. The summed E-state index contributed by atoms with van der Waals surface area (Å²) in [6, 6.07) is 0. The van der Waals surface area contributed by atoms with Gasteiger partial charge in [-0.15, -0.1) is 0 Å². The van der Waals surface area contributed by atoms with Gasteiger partial charge in [0.2, 0.25) is 0 Å². The van der Waals surface area contributed by atoms with Gasteiger partial charge in [0.25, 0.3) is 0 Å². The molecule has 42 valence electrons. The first-order chi connectivity index (χ1) is 5.04. The number of hydrogen-bond donors (Lipinski definition) is 1. The van der Waals surface area contributed by atoms with Gasteiger partial charge in [-0.05, 0) is 12.8 Å². The van der Waals surface area contributed by atoms with E-state index in [9.17, 15) is 0 Å². The van der Waals surface area contributed by atoms with Gasteiger partial charge in [-0.1, -0.05) is 0 Å². The van der Waals surface area contributed by atoms with Gasteiger partial charge < -0.3 is 9.84 Å². The van der Waals surface area contributed by atoms with Gasteiger partial charge in [0, 0.05) is 15.9 Å². The molecular weight excluding hydrogens is 92.1 g/mol. The Kier molecular flexibility index (Phi) is 0.664. The van der Waals surface area contributed by atoms with Crippen molar-refractivity contribution in [2.75, 3.05) is 13.2 Å². The minimum absolute atomic E-state index is 1.13. The van der Waals surface area contributed by atoms with Crippen LogP contribution in [0.5, 0.6) is 0 Å². The van der Waals surface area contributed by atoms with Gasteiger partial charge in [-0.2, -0.15) is 0 Å². The Morgan fingerprint density at radius 3 is 2.71 bits per heavy atom. The van der Waals surface area contributed by atoms with Crippen LogP contribution in [0, 0.1) is 0 Å². The highest BCUT2D eigenvalue weighted by atomic mass is 16.5. The van der Waals surface area contributed by atoms with E-state index in [2.05, 4.69) is 4.74 Å². The first kappa shape index (κ1) is 2.03. The van der Waals surface area contributed by atoms with E-state index in [1.165, 1.54) is 0 Å². The molecule has 0 radical (unpaired) electrons. The van der Waals surface area contributed by atoms with Crippen molar-refractivity contribution in [3.05, 3.63) is 0 Å². The molecule has 2 nitrogen and oxygen atoms in total. The van der Waals surface area contributed by atoms with Crippen molar-refractivity contribution >= 4 is 0 Å². The Hall–Kier alpha value is -0.0800. The highest BCUT2D eigenvalue weighted by Crippen LogP contribution is 2.03. The Bertz CT molecular complexity index is 130. The topological polar surface area (TPSA) is 29.5 Å². The lowest BCUT2D eigenvalue weighted by Crippen LogP contribution is -2.19. The second kappa shape index (κ2) is 2.28. The van der Waals surface area contributed by atoms with E-state index in [4.69, 9.17) is 10.6 Å². The molecular formula is C5H10O2. The Morgan fingerprint density at radius 2 is 2.14 bits per heavy atom. The third kappa shape index (κ3) is 1.45. The van der Waals surface area contributed by atoms with Crippen molar-refractivity contribution in [2.24, 2.45) is 0 Å². The zero-order valence-corrected chi connectivity index (χ0v) is 3.74. The Balaban J connectivity index is 2.63. The zero-order chi connectivity index (χ0) is 8.59. The van der Waals surface area contributed by atoms with Gasteiger partial charge >= 0.3 is 0 Å². The normalized spacial score (nSPS) is 83.3. The maximum Gasteiger partial charge on any atom is 0.0584 e. The van der Waals surface area contributed by atoms with Gasteiger partial charge in [0.05, 0.1) is 8.85 Å². The third-order valence-corrected chi connectivity index (χ3v) is 0.709. The summed E-state index contributed by atoms with van der Waals surface area (Å²) in [5.41, 5.74) is 0. The van der Waals surface area contributed by atoms with Crippen LogP contribution in [0.2, 0.25) is 0 Å². The van der Waals surface area contributed by atoms with Crippen LogP contribution < -0.4 is 0 Å². The van der Waals surface area contributed by atoms with Gasteiger partial charge in [0.1, 0.15) is 0 Å². The summed E-state index contributed by atoms with van der Waals surface area (Å²) in [6.07, 6.45) is -3.49. The summed E-state index contributed by atoms with van der Waals surface area (Å²) in [7, 11) is 0. The number of rotatable bonds is 0. The molecule has 4 atom stereocenters. The van der Waals surface area contributed by atoms with Crippen LogP contribution in [-0.4, -0.2) is 24.4 Å². The second-order valence-electron chi connectivity index (χ2n) is 1.28. The molecule has 0 amide bonds. The van der Waals surface area contributed by atoms with E-state index in [0.717, 1.165) is 0 Å². The SMILES string of the molecule is [2H]C1OC([2H])C([2H])C(O)C1[2H]. The third-order valence-electron chi connectivity index (χ3n) is 0.709. The summed E-state index contributed by atoms with van der Waals surface area (Å²) in [4.78, 5) is 0. The van der Waals surface area contributed by atoms with Crippen LogP contribution in [-0.2, 0) is 4.74 Å². The summed E-state index contributed by atoms with van der Waals surface area (Å²) >= 11 is 0. The summed E-state index contributed by atoms with van der Waals surface area (Å²) in [6.45, 7) is -2.40. The number of ether oxygens (including phenoxy) is 1. The van der Waals surface area contributed by atoms with Crippen molar-refractivity contribution in [1.82, 2.24) is 0 Å². The van der Waals surface area contributed by atoms with E-state index in [-0.39, 0.29) is 0 Å². The fourth-order valence-electron chi connectivity index (χ4n) is 0.361. The predicted octanol–water partition coefficient (Wildman–Crippen LogP) is 0.158. The van der Waals surface area contributed by atoms with Crippen molar-refractivity contribution < 1.29 is 15.3 Å². The van der Waals surface area contributed by atoms with Gasteiger partial charge in [-0.3, -0.25) is 0 Å². The van der Waals surface area contributed by atoms with Crippen LogP contribution in [0.4, 0.5) is 0 Å².